The van der Waals surface area contributed by atoms with Gasteiger partial charge in [-0.1, -0.05) is 0 Å². The van der Waals surface area contributed by atoms with Gasteiger partial charge in [-0.05, 0) is 22.0 Å². The molecule has 14 heavy (non-hydrogen) atoms. The normalized spacial score (nSPS) is 10.4. The molecule has 6 heteroatoms. The number of nitrogens with zero attached hydrogens (tertiary/aromatic N) is 4. The highest BCUT2D eigenvalue weighted by atomic mass is 16.6. The molecule has 0 unspecified atom stereocenters. The summed E-state index contributed by atoms with van der Waals surface area (Å²) in [5, 5.41) is 10.5. The molecule has 0 atom stereocenters. The Balaban J connectivity index is 3.02. The van der Waals surface area contributed by atoms with Gasteiger partial charge in [-0.3, -0.25) is 0 Å². The van der Waals surface area contributed by atoms with Gasteiger partial charge in [-0.15, -0.1) is 0 Å². The summed E-state index contributed by atoms with van der Waals surface area (Å²) < 4.78 is 0. The van der Waals surface area contributed by atoms with E-state index >= 15 is 0 Å². The summed E-state index contributed by atoms with van der Waals surface area (Å²) in [6.45, 7) is 0. The molecule has 0 fully saturated rings. The molecule has 1 aromatic heterocycles. The van der Waals surface area contributed by atoms with Crippen molar-refractivity contribution in [3.63, 3.8) is 0 Å². The molecule has 0 spiro atoms. The van der Waals surface area contributed by atoms with Gasteiger partial charge in [0.2, 0.25) is 0 Å². The van der Waals surface area contributed by atoms with Crippen molar-refractivity contribution in [2.75, 3.05) is 14.1 Å². The molecule has 1 aromatic rings. The number of pyridine rings is 1. The zero-order valence-corrected chi connectivity index (χ0v) is 7.91. The second-order valence-corrected chi connectivity index (χ2v) is 2.81. The Bertz CT molecular complexity index is 362. The molecule has 0 aliphatic heterocycles. The van der Waals surface area contributed by atoms with Crippen LogP contribution < -0.4 is 0 Å². The first-order valence-electron chi connectivity index (χ1n) is 3.91. The molecule has 0 aliphatic rings. The largest absolute Gasteiger partial charge is 0.389 e. The lowest BCUT2D eigenvalue weighted by Gasteiger charge is -2.01. The van der Waals surface area contributed by atoms with Gasteiger partial charge in [0.05, 0.1) is 6.34 Å². The molecule has 0 aromatic carbocycles. The van der Waals surface area contributed by atoms with Crippen LogP contribution in [-0.4, -0.2) is 35.2 Å². The van der Waals surface area contributed by atoms with Crippen LogP contribution in [0, 0.1) is 10.1 Å². The Hall–Kier alpha value is -1.98. The Labute approximate surface area is 81.1 Å². The van der Waals surface area contributed by atoms with Crippen molar-refractivity contribution in [2.24, 2.45) is 4.99 Å². The fourth-order valence-electron chi connectivity index (χ4n) is 0.808. The zero-order chi connectivity index (χ0) is 10.6. The van der Waals surface area contributed by atoms with Crippen LogP contribution >= 0.6 is 0 Å². The molecular weight excluding hydrogens is 184 g/mol. The quantitative estimate of drug-likeness (QED) is 0.314. The molecule has 0 amide bonds. The molecule has 1 rings (SSSR count). The maximum absolute atomic E-state index is 10.5. The highest BCUT2D eigenvalue weighted by Crippen LogP contribution is 2.22. The predicted octanol–water partition coefficient (Wildman–Crippen LogP) is 1.21. The molecule has 0 saturated carbocycles. The topological polar surface area (TPSA) is 71.6 Å². The van der Waals surface area contributed by atoms with Crippen LogP contribution in [0.25, 0.3) is 0 Å². The highest BCUT2D eigenvalue weighted by Gasteiger charge is 2.12. The van der Waals surface area contributed by atoms with Crippen molar-refractivity contribution in [3.05, 3.63) is 28.4 Å². The van der Waals surface area contributed by atoms with Crippen LogP contribution in [0.1, 0.15) is 0 Å². The summed E-state index contributed by atoms with van der Waals surface area (Å²) in [5.41, 5.74) is 0.256. The first kappa shape index (κ1) is 10.1. The molecular formula is C8H10N4O2. The molecule has 1 heterocycles. The third kappa shape index (κ3) is 2.51. The van der Waals surface area contributed by atoms with Crippen molar-refractivity contribution in [2.45, 2.75) is 0 Å². The average Bonchev–Trinajstić information content (AvgIpc) is 2.15. The number of aliphatic imine (C=N–C) groups is 1. The van der Waals surface area contributed by atoms with Gasteiger partial charge in [0.25, 0.3) is 0 Å². The number of aromatic nitrogens is 1. The van der Waals surface area contributed by atoms with Crippen molar-refractivity contribution in [3.8, 4) is 0 Å². The summed E-state index contributed by atoms with van der Waals surface area (Å²) in [7, 11) is 3.57. The first-order valence-corrected chi connectivity index (χ1v) is 3.91. The van der Waals surface area contributed by atoms with Gasteiger partial charge in [0.1, 0.15) is 6.20 Å². The monoisotopic (exact) mass is 194 g/mol. The third-order valence-corrected chi connectivity index (χ3v) is 1.37. The van der Waals surface area contributed by atoms with E-state index in [1.165, 1.54) is 12.5 Å². The number of rotatable bonds is 3. The standard InChI is InChI=1S/C8H10N4O2/c1-11(2)6-10-7-4-3-5-9-8(7)12(13)14/h3-6H,1-2H3. The fourth-order valence-corrected chi connectivity index (χ4v) is 0.808. The second-order valence-electron chi connectivity index (χ2n) is 2.81. The van der Waals surface area contributed by atoms with E-state index in [2.05, 4.69) is 9.98 Å². The van der Waals surface area contributed by atoms with Crippen LogP contribution in [0.15, 0.2) is 23.3 Å². The van der Waals surface area contributed by atoms with Crippen LogP contribution in [0.5, 0.6) is 0 Å². The maximum Gasteiger partial charge on any atom is 0.389 e. The summed E-state index contributed by atoms with van der Waals surface area (Å²) in [5.74, 6) is -0.231. The van der Waals surface area contributed by atoms with Gasteiger partial charge >= 0.3 is 5.82 Å². The van der Waals surface area contributed by atoms with Gasteiger partial charge in [-0.25, -0.2) is 4.99 Å². The summed E-state index contributed by atoms with van der Waals surface area (Å²) in [6, 6.07) is 3.15. The number of hydrogen-bond donors (Lipinski definition) is 0. The van der Waals surface area contributed by atoms with E-state index in [1.54, 1.807) is 31.1 Å². The van der Waals surface area contributed by atoms with E-state index in [0.29, 0.717) is 0 Å². The average molecular weight is 194 g/mol. The van der Waals surface area contributed by atoms with Gasteiger partial charge in [-0.2, -0.15) is 0 Å². The SMILES string of the molecule is CN(C)C=Nc1cccnc1[N+](=O)[O-]. The van der Waals surface area contributed by atoms with E-state index in [1.807, 2.05) is 0 Å². The van der Waals surface area contributed by atoms with Crippen LogP contribution in [0.4, 0.5) is 11.5 Å². The minimum absolute atomic E-state index is 0.231. The molecule has 0 bridgehead atoms. The van der Waals surface area contributed by atoms with E-state index in [-0.39, 0.29) is 11.5 Å². The summed E-state index contributed by atoms with van der Waals surface area (Å²) in [4.78, 5) is 19.2. The predicted molar refractivity (Wildman–Crippen MR) is 52.7 cm³/mol. The molecule has 0 aliphatic carbocycles. The molecule has 0 saturated heterocycles. The molecule has 74 valence electrons. The second kappa shape index (κ2) is 4.31. The minimum atomic E-state index is -0.553. The van der Waals surface area contributed by atoms with E-state index in [0.717, 1.165) is 0 Å². The summed E-state index contributed by atoms with van der Waals surface area (Å²) in [6.07, 6.45) is 2.86. The third-order valence-electron chi connectivity index (χ3n) is 1.37. The fraction of sp³-hybridized carbons (Fsp3) is 0.250. The Morgan fingerprint density at radius 1 is 1.64 bits per heavy atom. The van der Waals surface area contributed by atoms with Crippen molar-refractivity contribution < 1.29 is 4.92 Å². The van der Waals surface area contributed by atoms with Crippen molar-refractivity contribution in [1.29, 1.82) is 0 Å². The first-order chi connectivity index (χ1) is 6.61. The zero-order valence-electron chi connectivity index (χ0n) is 7.91. The minimum Gasteiger partial charge on any atom is -0.369 e. The van der Waals surface area contributed by atoms with E-state index in [4.69, 9.17) is 0 Å². The Morgan fingerprint density at radius 3 is 2.93 bits per heavy atom. The Morgan fingerprint density at radius 2 is 2.36 bits per heavy atom. The summed E-state index contributed by atoms with van der Waals surface area (Å²) >= 11 is 0. The van der Waals surface area contributed by atoms with Gasteiger partial charge in [0.15, 0.2) is 5.69 Å². The van der Waals surface area contributed by atoms with Gasteiger partial charge < -0.3 is 15.0 Å². The lowest BCUT2D eigenvalue weighted by atomic mass is 10.4. The van der Waals surface area contributed by atoms with E-state index in [9.17, 15) is 10.1 Å². The molecule has 0 radical (unpaired) electrons. The smallest absolute Gasteiger partial charge is 0.369 e. The van der Waals surface area contributed by atoms with Crippen LogP contribution in [-0.2, 0) is 0 Å². The lowest BCUT2D eigenvalue weighted by Crippen LogP contribution is -2.07. The number of nitro groups is 1. The van der Waals surface area contributed by atoms with Crippen LogP contribution in [0.2, 0.25) is 0 Å². The van der Waals surface area contributed by atoms with Crippen molar-refractivity contribution in [1.82, 2.24) is 9.88 Å². The van der Waals surface area contributed by atoms with Crippen LogP contribution in [0.3, 0.4) is 0 Å². The lowest BCUT2D eigenvalue weighted by molar-refractivity contribution is -0.388. The van der Waals surface area contributed by atoms with Crippen molar-refractivity contribution >= 4 is 17.8 Å². The highest BCUT2D eigenvalue weighted by molar-refractivity contribution is 5.64. The maximum atomic E-state index is 10.5. The molecule has 0 N–H and O–H groups in total. The van der Waals surface area contributed by atoms with E-state index < -0.39 is 4.92 Å². The number of hydrogen-bond acceptors (Lipinski definition) is 4. The van der Waals surface area contributed by atoms with Gasteiger partial charge in [0, 0.05) is 14.1 Å². The Kier molecular flexibility index (Phi) is 3.11. The molecule has 6 nitrogen and oxygen atoms in total.